The van der Waals surface area contributed by atoms with Crippen LogP contribution >= 0.6 is 0 Å². The molecule has 1 aromatic rings. The van der Waals surface area contributed by atoms with Crippen LogP contribution in [0, 0.1) is 22.0 Å². The van der Waals surface area contributed by atoms with Crippen LogP contribution in [0.25, 0.3) is 0 Å². The predicted octanol–water partition coefficient (Wildman–Crippen LogP) is 2.44. The average Bonchev–Trinajstić information content (AvgIpc) is 2.34. The molecule has 5 heteroatoms. The standard InChI is InChI=1S/C13H15NO4/c1-3-4-5-8-18-13-7-6-11(14(16)17)9-12(13)10(2)15/h6-7,9-10,15H,5,8H2,1-2H3. The molecule has 0 fully saturated rings. The van der Waals surface area contributed by atoms with Crippen molar-refractivity contribution in [3.63, 3.8) is 0 Å². The predicted molar refractivity (Wildman–Crippen MR) is 67.3 cm³/mol. The second-order valence-corrected chi connectivity index (χ2v) is 3.68. The zero-order valence-corrected chi connectivity index (χ0v) is 10.3. The van der Waals surface area contributed by atoms with Gasteiger partial charge in [0.15, 0.2) is 0 Å². The summed E-state index contributed by atoms with van der Waals surface area (Å²) in [5, 5.41) is 20.2. The lowest BCUT2D eigenvalue weighted by atomic mass is 10.1. The molecule has 0 heterocycles. The number of benzene rings is 1. The summed E-state index contributed by atoms with van der Waals surface area (Å²) in [6.45, 7) is 3.67. The van der Waals surface area contributed by atoms with E-state index in [1.165, 1.54) is 25.1 Å². The largest absolute Gasteiger partial charge is 0.492 e. The molecule has 0 aliphatic heterocycles. The maximum absolute atomic E-state index is 10.7. The molecule has 0 radical (unpaired) electrons. The van der Waals surface area contributed by atoms with Crippen LogP contribution in [0.5, 0.6) is 5.75 Å². The lowest BCUT2D eigenvalue weighted by molar-refractivity contribution is -0.385. The van der Waals surface area contributed by atoms with E-state index in [0.29, 0.717) is 24.3 Å². The highest BCUT2D eigenvalue weighted by molar-refractivity contribution is 5.44. The SMILES string of the molecule is CC#CCCOc1ccc([N+](=O)[O-])cc1C(C)O. The van der Waals surface area contributed by atoms with Crippen LogP contribution in [0.3, 0.4) is 0 Å². The van der Waals surface area contributed by atoms with Crippen LogP contribution in [0.4, 0.5) is 5.69 Å². The maximum Gasteiger partial charge on any atom is 0.270 e. The first kappa shape index (κ1) is 14.0. The van der Waals surface area contributed by atoms with Crippen molar-refractivity contribution in [2.24, 2.45) is 0 Å². The Hall–Kier alpha value is -2.06. The number of non-ortho nitro benzene ring substituents is 1. The van der Waals surface area contributed by atoms with Crippen LogP contribution in [-0.4, -0.2) is 16.6 Å². The van der Waals surface area contributed by atoms with Gasteiger partial charge in [0, 0.05) is 24.1 Å². The number of rotatable bonds is 5. The van der Waals surface area contributed by atoms with E-state index in [1.807, 2.05) is 0 Å². The van der Waals surface area contributed by atoms with Gasteiger partial charge in [0.05, 0.1) is 17.6 Å². The smallest absolute Gasteiger partial charge is 0.270 e. The summed E-state index contributed by atoms with van der Waals surface area (Å²) in [7, 11) is 0. The molecular formula is C13H15NO4. The van der Waals surface area contributed by atoms with Crippen molar-refractivity contribution < 1.29 is 14.8 Å². The van der Waals surface area contributed by atoms with Gasteiger partial charge in [0.2, 0.25) is 0 Å². The van der Waals surface area contributed by atoms with E-state index in [4.69, 9.17) is 4.74 Å². The highest BCUT2D eigenvalue weighted by atomic mass is 16.6. The summed E-state index contributed by atoms with van der Waals surface area (Å²) < 4.78 is 5.45. The second kappa shape index (κ2) is 6.62. The van der Waals surface area contributed by atoms with Gasteiger partial charge in [-0.25, -0.2) is 0 Å². The molecular weight excluding hydrogens is 234 g/mol. The minimum absolute atomic E-state index is 0.0633. The van der Waals surface area contributed by atoms with Crippen LogP contribution in [0.2, 0.25) is 0 Å². The molecule has 0 spiro atoms. The summed E-state index contributed by atoms with van der Waals surface area (Å²) in [6, 6.07) is 4.18. The van der Waals surface area contributed by atoms with Crippen LogP contribution in [0.1, 0.15) is 31.9 Å². The van der Waals surface area contributed by atoms with Crippen molar-refractivity contribution >= 4 is 5.69 Å². The van der Waals surface area contributed by atoms with E-state index in [1.54, 1.807) is 6.92 Å². The van der Waals surface area contributed by atoms with Gasteiger partial charge in [0.1, 0.15) is 5.75 Å². The minimum atomic E-state index is -0.822. The Morgan fingerprint density at radius 3 is 2.83 bits per heavy atom. The monoisotopic (exact) mass is 249 g/mol. The van der Waals surface area contributed by atoms with Crippen molar-refractivity contribution in [2.45, 2.75) is 26.4 Å². The quantitative estimate of drug-likeness (QED) is 0.376. The molecule has 0 aliphatic rings. The topological polar surface area (TPSA) is 72.6 Å². The Labute approximate surface area is 106 Å². The Morgan fingerprint density at radius 2 is 2.28 bits per heavy atom. The number of aliphatic hydroxyl groups is 1. The summed E-state index contributed by atoms with van der Waals surface area (Å²) >= 11 is 0. The van der Waals surface area contributed by atoms with Gasteiger partial charge in [-0.15, -0.1) is 11.8 Å². The first-order chi connectivity index (χ1) is 8.56. The molecule has 1 rings (SSSR count). The minimum Gasteiger partial charge on any atom is -0.492 e. The second-order valence-electron chi connectivity index (χ2n) is 3.68. The zero-order chi connectivity index (χ0) is 13.5. The molecule has 0 aromatic heterocycles. The van der Waals surface area contributed by atoms with Crippen molar-refractivity contribution in [1.29, 1.82) is 0 Å². The van der Waals surface area contributed by atoms with Gasteiger partial charge in [-0.2, -0.15) is 0 Å². The molecule has 1 N–H and O–H groups in total. The molecule has 1 atom stereocenters. The Kier molecular flexibility index (Phi) is 5.15. The first-order valence-corrected chi connectivity index (χ1v) is 5.55. The van der Waals surface area contributed by atoms with Crippen molar-refractivity contribution in [2.75, 3.05) is 6.61 Å². The lowest BCUT2D eigenvalue weighted by Crippen LogP contribution is -2.02. The Balaban J connectivity index is 2.88. The summed E-state index contributed by atoms with van der Waals surface area (Å²) in [5.41, 5.74) is 0.347. The number of hydrogen-bond acceptors (Lipinski definition) is 4. The lowest BCUT2D eigenvalue weighted by Gasteiger charge is -2.12. The van der Waals surface area contributed by atoms with Crippen molar-refractivity contribution in [1.82, 2.24) is 0 Å². The highest BCUT2D eigenvalue weighted by Gasteiger charge is 2.15. The number of nitrogens with zero attached hydrogens (tertiary/aromatic N) is 1. The normalized spacial score (nSPS) is 11.3. The molecule has 96 valence electrons. The third kappa shape index (κ3) is 3.75. The van der Waals surface area contributed by atoms with Crippen LogP contribution < -0.4 is 4.74 Å². The van der Waals surface area contributed by atoms with Crippen molar-refractivity contribution in [3.8, 4) is 17.6 Å². The number of aliphatic hydroxyl groups excluding tert-OH is 1. The number of ether oxygens (including phenoxy) is 1. The number of nitro groups is 1. The van der Waals surface area contributed by atoms with E-state index in [0.717, 1.165) is 0 Å². The molecule has 5 nitrogen and oxygen atoms in total. The third-order valence-electron chi connectivity index (χ3n) is 2.32. The van der Waals surface area contributed by atoms with Crippen LogP contribution in [0.15, 0.2) is 18.2 Å². The van der Waals surface area contributed by atoms with Gasteiger partial charge in [0.25, 0.3) is 5.69 Å². The van der Waals surface area contributed by atoms with Crippen LogP contribution in [-0.2, 0) is 0 Å². The fourth-order valence-electron chi connectivity index (χ4n) is 1.44. The van der Waals surface area contributed by atoms with Gasteiger partial charge in [-0.3, -0.25) is 10.1 Å². The van der Waals surface area contributed by atoms with E-state index in [9.17, 15) is 15.2 Å². The number of nitro benzene ring substituents is 1. The molecule has 1 aromatic carbocycles. The fraction of sp³-hybridized carbons (Fsp3) is 0.385. The first-order valence-electron chi connectivity index (χ1n) is 5.55. The van der Waals surface area contributed by atoms with Gasteiger partial charge >= 0.3 is 0 Å². The highest BCUT2D eigenvalue weighted by Crippen LogP contribution is 2.29. The van der Waals surface area contributed by atoms with Gasteiger partial charge in [-0.05, 0) is 19.9 Å². The molecule has 18 heavy (non-hydrogen) atoms. The van der Waals surface area contributed by atoms with E-state index >= 15 is 0 Å². The zero-order valence-electron chi connectivity index (χ0n) is 10.3. The third-order valence-corrected chi connectivity index (χ3v) is 2.32. The maximum atomic E-state index is 10.7. The molecule has 0 bridgehead atoms. The Bertz CT molecular complexity index is 485. The van der Waals surface area contributed by atoms with E-state index < -0.39 is 11.0 Å². The average molecular weight is 249 g/mol. The number of hydrogen-bond donors (Lipinski definition) is 1. The van der Waals surface area contributed by atoms with Gasteiger partial charge in [-0.1, -0.05) is 0 Å². The molecule has 0 saturated heterocycles. The molecule has 0 saturated carbocycles. The summed E-state index contributed by atoms with van der Waals surface area (Å²) in [4.78, 5) is 10.1. The molecule has 0 aliphatic carbocycles. The van der Waals surface area contributed by atoms with E-state index in [-0.39, 0.29) is 5.69 Å². The summed E-state index contributed by atoms with van der Waals surface area (Å²) in [6.07, 6.45) is -0.246. The molecule has 1 unspecified atom stereocenters. The molecule has 0 amide bonds. The fourth-order valence-corrected chi connectivity index (χ4v) is 1.44. The Morgan fingerprint density at radius 1 is 1.56 bits per heavy atom. The van der Waals surface area contributed by atoms with Crippen molar-refractivity contribution in [3.05, 3.63) is 33.9 Å². The van der Waals surface area contributed by atoms with Gasteiger partial charge < -0.3 is 9.84 Å². The van der Waals surface area contributed by atoms with E-state index in [2.05, 4.69) is 11.8 Å². The summed E-state index contributed by atoms with van der Waals surface area (Å²) in [5.74, 6) is 6.05.